The molecule has 13 aromatic rings. The molecule has 0 N–H and O–H groups in total. The van der Waals surface area contributed by atoms with Gasteiger partial charge in [0.1, 0.15) is 0 Å². The molecule has 3 aromatic heterocycles. The fraction of sp³-hybridized carbons (Fsp3) is 0. The summed E-state index contributed by atoms with van der Waals surface area (Å²) < 4.78 is 4.85. The molecule has 0 saturated heterocycles. The van der Waals surface area contributed by atoms with Crippen molar-refractivity contribution >= 4 is 75.9 Å². The van der Waals surface area contributed by atoms with Crippen LogP contribution in [0.1, 0.15) is 0 Å². The van der Waals surface area contributed by atoms with Crippen molar-refractivity contribution in [2.45, 2.75) is 0 Å². The number of hydrogen-bond acceptors (Lipinski definition) is 3. The second-order valence-corrected chi connectivity index (χ2v) is 16.0. The van der Waals surface area contributed by atoms with Gasteiger partial charge in [-0.3, -0.25) is 0 Å². The quantitative estimate of drug-likeness (QED) is 0.174. The molecule has 10 aromatic carbocycles. The maximum atomic E-state index is 5.22. The monoisotopic (exact) mass is 789 g/mol. The Bertz CT molecular complexity index is 3910. The lowest BCUT2D eigenvalue weighted by Crippen LogP contribution is -2.01. The summed E-state index contributed by atoms with van der Waals surface area (Å²) in [5.41, 5.74) is 9.80. The van der Waals surface area contributed by atoms with E-state index in [9.17, 15) is 0 Å². The molecule has 0 atom stereocenters. The van der Waals surface area contributed by atoms with Crippen LogP contribution >= 0.6 is 0 Å². The molecule has 5 nitrogen and oxygen atoms in total. The fourth-order valence-corrected chi connectivity index (χ4v) is 9.66. The third-order valence-corrected chi connectivity index (χ3v) is 12.5. The highest BCUT2D eigenvalue weighted by molar-refractivity contribution is 6.21. The van der Waals surface area contributed by atoms with Gasteiger partial charge < -0.3 is 9.13 Å². The van der Waals surface area contributed by atoms with Gasteiger partial charge in [-0.25, -0.2) is 15.0 Å². The lowest BCUT2D eigenvalue weighted by Gasteiger charge is -2.13. The van der Waals surface area contributed by atoms with Gasteiger partial charge in [-0.15, -0.1) is 0 Å². The fourth-order valence-electron chi connectivity index (χ4n) is 9.66. The second-order valence-electron chi connectivity index (χ2n) is 16.0. The van der Waals surface area contributed by atoms with Crippen molar-refractivity contribution in [3.8, 4) is 45.5 Å². The van der Waals surface area contributed by atoms with Gasteiger partial charge in [0.2, 0.25) is 0 Å². The lowest BCUT2D eigenvalue weighted by atomic mass is 10.0. The van der Waals surface area contributed by atoms with Crippen LogP contribution < -0.4 is 0 Å². The summed E-state index contributed by atoms with van der Waals surface area (Å²) >= 11 is 0. The number of rotatable bonds is 5. The van der Waals surface area contributed by atoms with Crippen molar-refractivity contribution in [3.05, 3.63) is 212 Å². The van der Waals surface area contributed by atoms with Crippen LogP contribution in [0.5, 0.6) is 0 Å². The molecule has 0 amide bonds. The second kappa shape index (κ2) is 13.6. The Kier molecular flexibility index (Phi) is 7.54. The average Bonchev–Trinajstić information content (AvgIpc) is 3.83. The zero-order chi connectivity index (χ0) is 40.7. The summed E-state index contributed by atoms with van der Waals surface area (Å²) in [4.78, 5) is 15.5. The molecule has 288 valence electrons. The highest BCUT2D eigenvalue weighted by Crippen LogP contribution is 2.42. The van der Waals surface area contributed by atoms with E-state index >= 15 is 0 Å². The van der Waals surface area contributed by atoms with E-state index in [1.807, 2.05) is 18.2 Å². The number of aromatic nitrogens is 5. The summed E-state index contributed by atoms with van der Waals surface area (Å²) in [7, 11) is 0. The van der Waals surface area contributed by atoms with Gasteiger partial charge in [0, 0.05) is 49.6 Å². The van der Waals surface area contributed by atoms with Crippen molar-refractivity contribution < 1.29 is 0 Å². The lowest BCUT2D eigenvalue weighted by molar-refractivity contribution is 1.08. The van der Waals surface area contributed by atoms with E-state index in [-0.39, 0.29) is 0 Å². The highest BCUT2D eigenvalue weighted by atomic mass is 15.0. The zero-order valence-electron chi connectivity index (χ0n) is 33.4. The Balaban J connectivity index is 1.03. The van der Waals surface area contributed by atoms with Gasteiger partial charge in [-0.1, -0.05) is 158 Å². The largest absolute Gasteiger partial charge is 0.309 e. The number of fused-ring (bicyclic) bond motifs is 9. The molecule has 0 bridgehead atoms. The van der Waals surface area contributed by atoms with Crippen molar-refractivity contribution in [1.82, 2.24) is 24.1 Å². The van der Waals surface area contributed by atoms with Crippen LogP contribution in [0.4, 0.5) is 0 Å². The normalized spacial score (nSPS) is 11.9. The Morgan fingerprint density at radius 3 is 1.53 bits per heavy atom. The molecule has 0 aliphatic rings. The first-order chi connectivity index (χ1) is 30.7. The minimum Gasteiger partial charge on any atom is -0.309 e. The molecule has 0 unspecified atom stereocenters. The first-order valence-electron chi connectivity index (χ1n) is 21.0. The van der Waals surface area contributed by atoms with Gasteiger partial charge in [0.05, 0.1) is 22.1 Å². The third-order valence-electron chi connectivity index (χ3n) is 12.5. The Labute approximate surface area is 356 Å². The van der Waals surface area contributed by atoms with E-state index in [0.717, 1.165) is 60.6 Å². The van der Waals surface area contributed by atoms with Crippen molar-refractivity contribution in [1.29, 1.82) is 0 Å². The summed E-state index contributed by atoms with van der Waals surface area (Å²) in [6, 6.07) is 75.8. The van der Waals surface area contributed by atoms with Crippen molar-refractivity contribution in [2.24, 2.45) is 0 Å². The highest BCUT2D eigenvalue weighted by Gasteiger charge is 2.21. The van der Waals surface area contributed by atoms with Crippen LogP contribution in [0.25, 0.3) is 121 Å². The van der Waals surface area contributed by atoms with E-state index in [2.05, 4.69) is 203 Å². The van der Waals surface area contributed by atoms with Crippen LogP contribution in [-0.4, -0.2) is 24.1 Å². The van der Waals surface area contributed by atoms with Gasteiger partial charge in [0.25, 0.3) is 0 Å². The molecule has 5 heteroatoms. The Morgan fingerprint density at radius 1 is 0.258 bits per heavy atom. The number of hydrogen-bond donors (Lipinski definition) is 0. The Hall–Kier alpha value is -8.41. The minimum absolute atomic E-state index is 0.640. The third kappa shape index (κ3) is 5.32. The maximum absolute atomic E-state index is 5.22. The van der Waals surface area contributed by atoms with Gasteiger partial charge >= 0.3 is 0 Å². The first-order valence-corrected chi connectivity index (χ1v) is 21.0. The smallest absolute Gasteiger partial charge is 0.164 e. The average molecular weight is 790 g/mol. The van der Waals surface area contributed by atoms with Crippen LogP contribution in [-0.2, 0) is 0 Å². The zero-order valence-corrected chi connectivity index (χ0v) is 33.4. The van der Waals surface area contributed by atoms with E-state index < -0.39 is 0 Å². The molecule has 13 rings (SSSR count). The van der Waals surface area contributed by atoms with Gasteiger partial charge in [0.15, 0.2) is 17.5 Å². The predicted octanol–water partition coefficient (Wildman–Crippen LogP) is 14.5. The molecular weight excluding hydrogens is 755 g/mol. The number of para-hydroxylation sites is 2. The molecule has 62 heavy (non-hydrogen) atoms. The topological polar surface area (TPSA) is 48.5 Å². The van der Waals surface area contributed by atoms with E-state index in [1.54, 1.807) is 0 Å². The molecule has 0 fully saturated rings. The standard InChI is InChI=1S/C57H35N5/c1-3-16-37(17-4-1)55-58-56(46-26-13-20-36-15-9-10-24-43(36)46)60-57(59-55)47-27-14-21-40-31-42(29-30-44(40)47)62-51-28-12-11-25-45(51)49-34-50-48-32-38-18-7-8-19-39(38)33-52(48)61(54(50)35-53(49)62)41-22-5-2-6-23-41/h1-35H. The summed E-state index contributed by atoms with van der Waals surface area (Å²) in [5, 5.41) is 11.8. The number of nitrogens with zero attached hydrogens (tertiary/aromatic N) is 5. The van der Waals surface area contributed by atoms with Crippen molar-refractivity contribution in [2.75, 3.05) is 0 Å². The van der Waals surface area contributed by atoms with Crippen LogP contribution in [0.3, 0.4) is 0 Å². The maximum Gasteiger partial charge on any atom is 0.164 e. The summed E-state index contributed by atoms with van der Waals surface area (Å²) in [5.74, 6) is 1.93. The molecule has 0 spiro atoms. The van der Waals surface area contributed by atoms with Gasteiger partial charge in [-0.05, 0) is 86.9 Å². The van der Waals surface area contributed by atoms with E-state index in [0.29, 0.717) is 17.5 Å². The number of benzene rings is 10. The van der Waals surface area contributed by atoms with Crippen LogP contribution in [0.15, 0.2) is 212 Å². The first kappa shape index (κ1) is 34.5. The molecule has 0 aliphatic carbocycles. The summed E-state index contributed by atoms with van der Waals surface area (Å²) in [6.07, 6.45) is 0. The van der Waals surface area contributed by atoms with Crippen molar-refractivity contribution in [3.63, 3.8) is 0 Å². The summed E-state index contributed by atoms with van der Waals surface area (Å²) in [6.45, 7) is 0. The molecule has 0 radical (unpaired) electrons. The molecular formula is C57H35N5. The molecule has 0 saturated carbocycles. The SMILES string of the molecule is c1ccc(-c2nc(-c3cccc4ccccc34)nc(-c3cccc4cc(-n5c6ccccc6c6cc7c8cc9ccccc9cc8n(-c8ccccc8)c7cc65)ccc34)n2)cc1. The van der Waals surface area contributed by atoms with Crippen LogP contribution in [0, 0.1) is 0 Å². The molecule has 3 heterocycles. The van der Waals surface area contributed by atoms with Gasteiger partial charge in [-0.2, -0.15) is 0 Å². The van der Waals surface area contributed by atoms with E-state index in [4.69, 9.17) is 15.0 Å². The minimum atomic E-state index is 0.640. The van der Waals surface area contributed by atoms with Crippen LogP contribution in [0.2, 0.25) is 0 Å². The predicted molar refractivity (Wildman–Crippen MR) is 257 cm³/mol. The van der Waals surface area contributed by atoms with E-state index in [1.165, 1.54) is 43.4 Å². The Morgan fingerprint density at radius 2 is 0.774 bits per heavy atom. The molecule has 0 aliphatic heterocycles.